The van der Waals surface area contributed by atoms with Gasteiger partial charge in [-0.05, 0) is 30.0 Å². The van der Waals surface area contributed by atoms with Gasteiger partial charge in [0.25, 0.3) is 5.76 Å². The second kappa shape index (κ2) is 11.1. The fraction of sp³-hybridized carbons (Fsp3) is 0.269. The molecule has 170 valence electrons. The Morgan fingerprint density at radius 2 is 1.58 bits per heavy atom. The van der Waals surface area contributed by atoms with Gasteiger partial charge in [0.1, 0.15) is 13.2 Å². The molecule has 2 aromatic carbocycles. The maximum atomic E-state index is 12.6. The largest absolute Gasteiger partial charge is 0.481 e. The molecule has 3 aromatic rings. The maximum absolute atomic E-state index is 12.6. The van der Waals surface area contributed by atoms with Crippen LogP contribution in [0.15, 0.2) is 90.2 Å². The summed E-state index contributed by atoms with van der Waals surface area (Å²) in [5.74, 6) is 0.126. The molecule has 1 aliphatic rings. The van der Waals surface area contributed by atoms with Crippen molar-refractivity contribution in [3.05, 3.63) is 107 Å². The van der Waals surface area contributed by atoms with Gasteiger partial charge in [0.15, 0.2) is 5.76 Å². The second-order valence-electron chi connectivity index (χ2n) is 7.70. The second-order valence-corrected chi connectivity index (χ2v) is 7.70. The molecule has 0 unspecified atom stereocenters. The maximum Gasteiger partial charge on any atom is 0.383 e. The van der Waals surface area contributed by atoms with Gasteiger partial charge in [-0.25, -0.2) is 9.48 Å². The van der Waals surface area contributed by atoms with Crippen molar-refractivity contribution in [2.75, 3.05) is 0 Å². The van der Waals surface area contributed by atoms with E-state index in [1.807, 2.05) is 66.9 Å². The Labute approximate surface area is 193 Å². The van der Waals surface area contributed by atoms with Crippen molar-refractivity contribution in [3.8, 4) is 0 Å². The molecule has 0 aliphatic carbocycles. The molecule has 0 spiro atoms. The quantitative estimate of drug-likeness (QED) is 0.398. The standard InChI is InChI=1S/C26H27N3O4/c1-2-3-14-22-17-29(28-27-22)16-15-23-24(31-18-20-10-6-4-7-11-20)25(26(30)33-23)32-19-21-12-8-5-9-13-21/h4-13,15,17H,2-3,14,16,18-19H2,1H3/b23-15-. The van der Waals surface area contributed by atoms with Gasteiger partial charge in [-0.15, -0.1) is 5.10 Å². The molecule has 0 saturated heterocycles. The van der Waals surface area contributed by atoms with E-state index in [0.717, 1.165) is 36.1 Å². The zero-order valence-corrected chi connectivity index (χ0v) is 18.6. The fourth-order valence-corrected chi connectivity index (χ4v) is 3.33. The van der Waals surface area contributed by atoms with E-state index in [2.05, 4.69) is 17.2 Å². The number of aryl methyl sites for hydroxylation is 1. The predicted octanol–water partition coefficient (Wildman–Crippen LogP) is 4.71. The number of ether oxygens (including phenoxy) is 3. The van der Waals surface area contributed by atoms with Gasteiger partial charge in [-0.2, -0.15) is 0 Å². The number of rotatable bonds is 11. The first-order valence-corrected chi connectivity index (χ1v) is 11.1. The van der Waals surface area contributed by atoms with Crippen molar-refractivity contribution in [3.63, 3.8) is 0 Å². The fourth-order valence-electron chi connectivity index (χ4n) is 3.33. The summed E-state index contributed by atoms with van der Waals surface area (Å²) in [5, 5.41) is 8.35. The molecule has 0 fully saturated rings. The molecule has 0 atom stereocenters. The van der Waals surface area contributed by atoms with Gasteiger partial charge in [0.2, 0.25) is 5.76 Å². The molecule has 1 aromatic heterocycles. The van der Waals surface area contributed by atoms with E-state index in [-0.39, 0.29) is 19.0 Å². The van der Waals surface area contributed by atoms with Crippen LogP contribution in [0.3, 0.4) is 0 Å². The van der Waals surface area contributed by atoms with Gasteiger partial charge < -0.3 is 14.2 Å². The monoisotopic (exact) mass is 445 g/mol. The van der Waals surface area contributed by atoms with Crippen LogP contribution in [0.2, 0.25) is 0 Å². The lowest BCUT2D eigenvalue weighted by Gasteiger charge is -2.10. The van der Waals surface area contributed by atoms with Crippen molar-refractivity contribution >= 4 is 5.97 Å². The highest BCUT2D eigenvalue weighted by Gasteiger charge is 2.34. The van der Waals surface area contributed by atoms with Crippen LogP contribution < -0.4 is 0 Å². The third kappa shape index (κ3) is 6.10. The number of allylic oxidation sites excluding steroid dienone is 1. The van der Waals surface area contributed by atoms with Crippen LogP contribution in [0.25, 0.3) is 0 Å². The lowest BCUT2D eigenvalue weighted by molar-refractivity contribution is -0.136. The van der Waals surface area contributed by atoms with Crippen LogP contribution in [0.5, 0.6) is 0 Å². The van der Waals surface area contributed by atoms with Crippen LogP contribution in [-0.2, 0) is 45.2 Å². The van der Waals surface area contributed by atoms with Crippen molar-refractivity contribution in [2.45, 2.75) is 45.9 Å². The molecular formula is C26H27N3O4. The Balaban J connectivity index is 1.52. The lowest BCUT2D eigenvalue weighted by Crippen LogP contribution is -2.04. The topological polar surface area (TPSA) is 75.5 Å². The Hall–Kier alpha value is -3.87. The van der Waals surface area contributed by atoms with Crippen molar-refractivity contribution < 1.29 is 19.0 Å². The van der Waals surface area contributed by atoms with Crippen molar-refractivity contribution in [1.29, 1.82) is 0 Å². The third-order valence-electron chi connectivity index (χ3n) is 5.11. The predicted molar refractivity (Wildman–Crippen MR) is 122 cm³/mol. The highest BCUT2D eigenvalue weighted by molar-refractivity contribution is 5.91. The summed E-state index contributed by atoms with van der Waals surface area (Å²) in [5.41, 5.74) is 2.87. The SMILES string of the molecule is CCCCc1cn(C/C=C2\OC(=O)C(OCc3ccccc3)=C2OCc2ccccc2)nn1. The number of carbonyl (C=O) groups excluding carboxylic acids is 1. The van der Waals surface area contributed by atoms with E-state index in [4.69, 9.17) is 14.2 Å². The minimum Gasteiger partial charge on any atom is -0.481 e. The number of hydrogen-bond acceptors (Lipinski definition) is 6. The van der Waals surface area contributed by atoms with Gasteiger partial charge in [0, 0.05) is 6.20 Å². The zero-order chi connectivity index (χ0) is 22.9. The summed E-state index contributed by atoms with van der Waals surface area (Å²) in [6, 6.07) is 19.4. The molecular weight excluding hydrogens is 418 g/mol. The lowest BCUT2D eigenvalue weighted by atomic mass is 10.2. The van der Waals surface area contributed by atoms with Crippen LogP contribution in [0.4, 0.5) is 0 Å². The molecule has 0 radical (unpaired) electrons. The van der Waals surface area contributed by atoms with E-state index in [0.29, 0.717) is 18.1 Å². The van der Waals surface area contributed by atoms with E-state index >= 15 is 0 Å². The molecule has 0 bridgehead atoms. The number of benzene rings is 2. The third-order valence-corrected chi connectivity index (χ3v) is 5.11. The summed E-state index contributed by atoms with van der Waals surface area (Å²) in [7, 11) is 0. The Morgan fingerprint density at radius 3 is 2.21 bits per heavy atom. The Kier molecular flexibility index (Phi) is 7.53. The molecule has 0 N–H and O–H groups in total. The van der Waals surface area contributed by atoms with Gasteiger partial charge in [0.05, 0.1) is 12.2 Å². The minimum absolute atomic E-state index is 0.0725. The van der Waals surface area contributed by atoms with E-state index in [1.165, 1.54) is 0 Å². The van der Waals surface area contributed by atoms with Crippen LogP contribution in [-0.4, -0.2) is 21.0 Å². The van der Waals surface area contributed by atoms with Gasteiger partial charge in [-0.3, -0.25) is 0 Å². The molecule has 33 heavy (non-hydrogen) atoms. The van der Waals surface area contributed by atoms with Crippen molar-refractivity contribution in [1.82, 2.24) is 15.0 Å². The number of carbonyl (C=O) groups is 1. The summed E-state index contributed by atoms with van der Waals surface area (Å²) in [6.45, 7) is 3.06. The number of esters is 1. The van der Waals surface area contributed by atoms with E-state index in [1.54, 1.807) is 10.8 Å². The molecule has 2 heterocycles. The smallest absolute Gasteiger partial charge is 0.383 e. The average molecular weight is 446 g/mol. The number of nitrogens with zero attached hydrogens (tertiary/aromatic N) is 3. The average Bonchev–Trinajstić information content (AvgIpc) is 3.43. The highest BCUT2D eigenvalue weighted by Crippen LogP contribution is 2.30. The Morgan fingerprint density at radius 1 is 0.939 bits per heavy atom. The summed E-state index contributed by atoms with van der Waals surface area (Å²) in [6.07, 6.45) is 6.73. The molecule has 7 nitrogen and oxygen atoms in total. The molecule has 7 heteroatoms. The van der Waals surface area contributed by atoms with E-state index < -0.39 is 5.97 Å². The normalized spacial score (nSPS) is 14.6. The molecule has 1 aliphatic heterocycles. The first-order valence-electron chi connectivity index (χ1n) is 11.1. The van der Waals surface area contributed by atoms with Crippen LogP contribution in [0.1, 0.15) is 36.6 Å². The summed E-state index contributed by atoms with van der Waals surface area (Å²) < 4.78 is 19.1. The molecule has 4 rings (SSSR count). The highest BCUT2D eigenvalue weighted by atomic mass is 16.6. The number of hydrogen-bond donors (Lipinski definition) is 0. The molecule has 0 saturated carbocycles. The Bertz CT molecular complexity index is 1120. The van der Waals surface area contributed by atoms with Gasteiger partial charge in [-0.1, -0.05) is 79.2 Å². The van der Waals surface area contributed by atoms with Crippen LogP contribution in [0, 0.1) is 0 Å². The van der Waals surface area contributed by atoms with Crippen molar-refractivity contribution in [2.24, 2.45) is 0 Å². The van der Waals surface area contributed by atoms with E-state index in [9.17, 15) is 4.79 Å². The zero-order valence-electron chi connectivity index (χ0n) is 18.6. The number of cyclic esters (lactones) is 1. The first kappa shape index (κ1) is 22.3. The summed E-state index contributed by atoms with van der Waals surface area (Å²) in [4.78, 5) is 12.6. The van der Waals surface area contributed by atoms with Gasteiger partial charge >= 0.3 is 5.97 Å². The molecule has 0 amide bonds. The minimum atomic E-state index is -0.567. The summed E-state index contributed by atoms with van der Waals surface area (Å²) >= 11 is 0. The van der Waals surface area contributed by atoms with Crippen LogP contribution >= 0.6 is 0 Å². The first-order chi connectivity index (χ1) is 16.2. The number of unbranched alkanes of at least 4 members (excludes halogenated alkanes) is 1. The number of aromatic nitrogens is 3.